The lowest BCUT2D eigenvalue weighted by Crippen LogP contribution is -2.66. The molecule has 0 radical (unpaired) electrons. The van der Waals surface area contributed by atoms with Gasteiger partial charge in [-0.3, -0.25) is 0 Å². The molecule has 0 spiro atoms. The molecule has 2 aromatic carbocycles. The van der Waals surface area contributed by atoms with Gasteiger partial charge in [0.15, 0.2) is 0 Å². The van der Waals surface area contributed by atoms with E-state index in [1.807, 2.05) is 6.20 Å². The van der Waals surface area contributed by atoms with E-state index in [9.17, 15) is 0 Å². The van der Waals surface area contributed by atoms with E-state index in [-0.39, 0.29) is 24.1 Å². The smallest absolute Gasteiger partial charge is 0.261 e. The molecule has 0 bridgehead atoms. The second kappa shape index (κ2) is 11.8. The van der Waals surface area contributed by atoms with Crippen LogP contribution in [-0.4, -0.2) is 33.4 Å². The third-order valence-corrected chi connectivity index (χ3v) is 10.1. The number of H-pyrrole nitrogens is 2. The summed E-state index contributed by atoms with van der Waals surface area (Å²) in [6.07, 6.45) is 6.65. The largest absolute Gasteiger partial charge is 0.402 e. The molecule has 0 atom stereocenters. The van der Waals surface area contributed by atoms with Gasteiger partial charge in [-0.1, -0.05) is 81.4 Å². The van der Waals surface area contributed by atoms with Crippen molar-refractivity contribution < 1.29 is 9.53 Å². The van der Waals surface area contributed by atoms with E-state index in [4.69, 9.17) is 9.53 Å². The highest BCUT2D eigenvalue weighted by atomic mass is 35.5. The lowest BCUT2D eigenvalue weighted by molar-refractivity contribution is 0.277. The zero-order chi connectivity index (χ0) is 22.2. The fourth-order valence-corrected chi connectivity index (χ4v) is 8.21. The number of hydrogen-bond acceptors (Lipinski definition) is 4. The standard InChI is InChI=1S/C20H24N2OSi.C4H6N2O.ClH/c1-20(2,3)24(18-10-6-4-7-11-18,19-12-8-5-9-13-19)23-15-17-14-21-16-22-17;7-2-4-1-5-3-6-4;/h4-14,16H,15H2,1-3H3,(H,21,22);1,3,7H,2H2,(H,5,6);1H. The summed E-state index contributed by atoms with van der Waals surface area (Å²) in [6.45, 7) is 7.43. The van der Waals surface area contributed by atoms with Crippen molar-refractivity contribution >= 4 is 31.1 Å². The Morgan fingerprint density at radius 3 is 1.62 bits per heavy atom. The Bertz CT molecular complexity index is 966. The first-order chi connectivity index (χ1) is 15.0. The minimum Gasteiger partial charge on any atom is -0.402 e. The Morgan fingerprint density at radius 1 is 0.812 bits per heavy atom. The van der Waals surface area contributed by atoms with Crippen molar-refractivity contribution in [1.82, 2.24) is 19.9 Å². The second-order valence-electron chi connectivity index (χ2n) is 8.26. The molecule has 32 heavy (non-hydrogen) atoms. The summed E-state index contributed by atoms with van der Waals surface area (Å²) >= 11 is 0. The van der Waals surface area contributed by atoms with E-state index < -0.39 is 8.32 Å². The van der Waals surface area contributed by atoms with Gasteiger partial charge in [0, 0.05) is 0 Å². The predicted molar refractivity (Wildman–Crippen MR) is 133 cm³/mol. The molecule has 4 aromatic rings. The van der Waals surface area contributed by atoms with E-state index in [1.54, 1.807) is 12.5 Å². The van der Waals surface area contributed by atoms with Crippen LogP contribution in [0, 0.1) is 0 Å². The van der Waals surface area contributed by atoms with Crippen LogP contribution in [0.3, 0.4) is 0 Å². The molecule has 2 heterocycles. The number of aliphatic hydroxyl groups excluding tert-OH is 1. The minimum atomic E-state index is -2.45. The summed E-state index contributed by atoms with van der Waals surface area (Å²) in [5.74, 6) is 0. The van der Waals surface area contributed by atoms with Crippen LogP contribution in [0.4, 0.5) is 0 Å². The Kier molecular flexibility index (Phi) is 9.40. The number of aromatic amines is 2. The van der Waals surface area contributed by atoms with Gasteiger partial charge in [-0.15, -0.1) is 12.4 Å². The highest BCUT2D eigenvalue weighted by Gasteiger charge is 2.50. The number of rotatable bonds is 6. The van der Waals surface area contributed by atoms with Crippen LogP contribution >= 0.6 is 12.4 Å². The SMILES string of the molecule is CC(C)(C)[Si](OCc1cnc[nH]1)(c1ccccc1)c1ccccc1.Cl.OCc1cnc[nH]1. The van der Waals surface area contributed by atoms with E-state index in [1.165, 1.54) is 16.7 Å². The summed E-state index contributed by atoms with van der Waals surface area (Å²) in [7, 11) is -2.45. The monoisotopic (exact) mass is 470 g/mol. The average molecular weight is 471 g/mol. The molecule has 0 aliphatic rings. The maximum absolute atomic E-state index is 8.36. The van der Waals surface area contributed by atoms with Gasteiger partial charge in [-0.2, -0.15) is 0 Å². The molecule has 0 unspecified atom stereocenters. The topological polar surface area (TPSA) is 86.8 Å². The summed E-state index contributed by atoms with van der Waals surface area (Å²) in [5.41, 5.74) is 1.75. The van der Waals surface area contributed by atoms with Crippen molar-refractivity contribution in [3.8, 4) is 0 Å². The minimum absolute atomic E-state index is 0. The maximum Gasteiger partial charge on any atom is 0.261 e. The Labute approximate surface area is 196 Å². The quantitative estimate of drug-likeness (QED) is 0.374. The fourth-order valence-electron chi connectivity index (χ4n) is 3.68. The number of hydrogen-bond donors (Lipinski definition) is 3. The molecule has 8 heteroatoms. The van der Waals surface area contributed by atoms with Crippen molar-refractivity contribution in [2.45, 2.75) is 39.0 Å². The van der Waals surface area contributed by atoms with Crippen molar-refractivity contribution in [3.05, 3.63) is 97.1 Å². The zero-order valence-corrected chi connectivity index (χ0v) is 20.5. The predicted octanol–water partition coefficient (Wildman–Crippen LogP) is 3.81. The molecule has 0 fully saturated rings. The molecular formula is C24H31ClN4O2Si. The van der Waals surface area contributed by atoms with Gasteiger partial charge in [-0.25, -0.2) is 9.97 Å². The molecule has 0 aliphatic carbocycles. The number of nitrogens with zero attached hydrogens (tertiary/aromatic N) is 2. The molecule has 0 saturated heterocycles. The molecule has 0 amide bonds. The molecule has 4 rings (SSSR count). The van der Waals surface area contributed by atoms with Gasteiger partial charge in [0.2, 0.25) is 0 Å². The van der Waals surface area contributed by atoms with Crippen LogP contribution in [0.25, 0.3) is 0 Å². The maximum atomic E-state index is 8.36. The van der Waals surface area contributed by atoms with Gasteiger partial charge in [-0.05, 0) is 15.4 Å². The third kappa shape index (κ3) is 5.95. The number of aromatic nitrogens is 4. The number of halogens is 1. The number of aliphatic hydroxyl groups is 1. The number of imidazole rings is 2. The zero-order valence-electron chi connectivity index (χ0n) is 18.7. The van der Waals surface area contributed by atoms with Crippen LogP contribution in [0.1, 0.15) is 32.2 Å². The Hall–Kier alpha value is -2.71. The van der Waals surface area contributed by atoms with Gasteiger partial charge in [0.1, 0.15) is 0 Å². The number of benzene rings is 2. The molecule has 170 valence electrons. The normalized spacial score (nSPS) is 11.2. The highest BCUT2D eigenvalue weighted by Crippen LogP contribution is 2.37. The summed E-state index contributed by atoms with van der Waals surface area (Å²) in [6, 6.07) is 21.4. The van der Waals surface area contributed by atoms with Gasteiger partial charge >= 0.3 is 0 Å². The molecular weight excluding hydrogens is 440 g/mol. The lowest BCUT2D eigenvalue weighted by Gasteiger charge is -2.42. The molecule has 2 aromatic heterocycles. The van der Waals surface area contributed by atoms with Crippen LogP contribution in [0.2, 0.25) is 5.04 Å². The van der Waals surface area contributed by atoms with Crippen molar-refractivity contribution in [2.24, 2.45) is 0 Å². The first-order valence-electron chi connectivity index (χ1n) is 10.3. The van der Waals surface area contributed by atoms with Crippen LogP contribution in [-0.2, 0) is 17.6 Å². The van der Waals surface area contributed by atoms with Crippen molar-refractivity contribution in [2.75, 3.05) is 0 Å². The van der Waals surface area contributed by atoms with Gasteiger partial charge in [0.05, 0.1) is 49.6 Å². The summed E-state index contributed by atoms with van der Waals surface area (Å²) < 4.78 is 6.78. The van der Waals surface area contributed by atoms with E-state index in [0.29, 0.717) is 6.61 Å². The Balaban J connectivity index is 0.000000388. The third-order valence-electron chi connectivity index (χ3n) is 5.14. The second-order valence-corrected chi connectivity index (χ2v) is 12.6. The van der Waals surface area contributed by atoms with Crippen LogP contribution in [0.15, 0.2) is 85.7 Å². The van der Waals surface area contributed by atoms with E-state index >= 15 is 0 Å². The average Bonchev–Trinajstić information content (AvgIpc) is 3.49. The molecule has 3 N–H and O–H groups in total. The van der Waals surface area contributed by atoms with Gasteiger partial charge < -0.3 is 19.5 Å². The highest BCUT2D eigenvalue weighted by molar-refractivity contribution is 6.99. The first-order valence-corrected chi connectivity index (χ1v) is 12.2. The molecule has 6 nitrogen and oxygen atoms in total. The molecule has 0 saturated carbocycles. The lowest BCUT2D eigenvalue weighted by atomic mass is 10.2. The van der Waals surface area contributed by atoms with Crippen molar-refractivity contribution in [1.29, 1.82) is 0 Å². The number of nitrogens with one attached hydrogen (secondary N) is 2. The van der Waals surface area contributed by atoms with E-state index in [0.717, 1.165) is 11.4 Å². The summed E-state index contributed by atoms with van der Waals surface area (Å²) in [5, 5.41) is 10.9. The Morgan fingerprint density at radius 2 is 1.28 bits per heavy atom. The van der Waals surface area contributed by atoms with E-state index in [2.05, 4.69) is 101 Å². The van der Waals surface area contributed by atoms with Gasteiger partial charge in [0.25, 0.3) is 8.32 Å². The van der Waals surface area contributed by atoms with Crippen molar-refractivity contribution in [3.63, 3.8) is 0 Å². The molecule has 0 aliphatic heterocycles. The fraction of sp³-hybridized carbons (Fsp3) is 0.250. The first kappa shape index (κ1) is 25.5. The summed E-state index contributed by atoms with van der Waals surface area (Å²) in [4.78, 5) is 13.7. The van der Waals surface area contributed by atoms with Crippen LogP contribution in [0.5, 0.6) is 0 Å². The van der Waals surface area contributed by atoms with Crippen LogP contribution < -0.4 is 10.4 Å².